The van der Waals surface area contributed by atoms with Crippen LogP contribution in [0.3, 0.4) is 0 Å². The SMILES string of the molecule is O=C1C2CC=CCC2C(=O)N1CC(=O)N(Cc1ccc2c(c1)OCO2)C1CCCC1. The van der Waals surface area contributed by atoms with E-state index >= 15 is 0 Å². The highest BCUT2D eigenvalue weighted by molar-refractivity contribution is 6.07. The van der Waals surface area contributed by atoms with Gasteiger partial charge in [0.05, 0.1) is 11.8 Å². The van der Waals surface area contributed by atoms with Crippen molar-refractivity contribution in [2.45, 2.75) is 51.1 Å². The molecule has 2 aliphatic carbocycles. The van der Waals surface area contributed by atoms with Gasteiger partial charge in [-0.05, 0) is 43.4 Å². The molecule has 2 atom stereocenters. The lowest BCUT2D eigenvalue weighted by atomic mass is 9.85. The van der Waals surface area contributed by atoms with Gasteiger partial charge in [-0.1, -0.05) is 31.1 Å². The molecule has 7 nitrogen and oxygen atoms in total. The molecule has 3 amide bonds. The zero-order valence-electron chi connectivity index (χ0n) is 16.9. The van der Waals surface area contributed by atoms with Crippen molar-refractivity contribution in [3.05, 3.63) is 35.9 Å². The lowest BCUT2D eigenvalue weighted by Gasteiger charge is -2.30. The highest BCUT2D eigenvalue weighted by Gasteiger charge is 2.48. The van der Waals surface area contributed by atoms with Crippen molar-refractivity contribution in [1.82, 2.24) is 9.80 Å². The Bertz CT molecular complexity index is 879. The summed E-state index contributed by atoms with van der Waals surface area (Å²) in [4.78, 5) is 42.0. The minimum atomic E-state index is -0.302. The van der Waals surface area contributed by atoms with E-state index in [0.717, 1.165) is 31.2 Å². The van der Waals surface area contributed by atoms with Crippen molar-refractivity contribution in [1.29, 1.82) is 0 Å². The molecule has 0 spiro atoms. The molecule has 1 saturated carbocycles. The molecule has 4 aliphatic rings. The van der Waals surface area contributed by atoms with E-state index < -0.39 is 0 Å². The van der Waals surface area contributed by atoms with Gasteiger partial charge in [-0.15, -0.1) is 0 Å². The van der Waals surface area contributed by atoms with Crippen LogP contribution in [0.2, 0.25) is 0 Å². The maximum Gasteiger partial charge on any atom is 0.243 e. The summed E-state index contributed by atoms with van der Waals surface area (Å²) >= 11 is 0. The van der Waals surface area contributed by atoms with Gasteiger partial charge in [0, 0.05) is 12.6 Å². The van der Waals surface area contributed by atoms with Crippen LogP contribution in [0.15, 0.2) is 30.4 Å². The van der Waals surface area contributed by atoms with Crippen molar-refractivity contribution in [2.75, 3.05) is 13.3 Å². The van der Waals surface area contributed by atoms with Crippen molar-refractivity contribution in [3.63, 3.8) is 0 Å². The van der Waals surface area contributed by atoms with Gasteiger partial charge >= 0.3 is 0 Å². The van der Waals surface area contributed by atoms with E-state index in [4.69, 9.17) is 9.47 Å². The Hall–Kier alpha value is -2.83. The second-order valence-corrected chi connectivity index (χ2v) is 8.57. The standard InChI is InChI=1S/C23H26N2O5/c26-21(13-25-22(27)17-7-3-4-8-18(17)23(25)28)24(16-5-1-2-6-16)12-15-9-10-19-20(11-15)30-14-29-19/h3-4,9-11,16-18H,1-2,5-8,12-14H2. The van der Waals surface area contributed by atoms with Crippen LogP contribution in [0.5, 0.6) is 11.5 Å². The van der Waals surface area contributed by atoms with Gasteiger partial charge in [-0.2, -0.15) is 0 Å². The summed E-state index contributed by atoms with van der Waals surface area (Å²) in [6.07, 6.45) is 9.18. The number of imide groups is 1. The molecule has 2 heterocycles. The molecule has 1 aromatic rings. The summed E-state index contributed by atoms with van der Waals surface area (Å²) in [5.41, 5.74) is 0.955. The molecule has 1 saturated heterocycles. The second kappa shape index (κ2) is 7.78. The number of amides is 3. The summed E-state index contributed by atoms with van der Waals surface area (Å²) in [5, 5.41) is 0. The Morgan fingerprint density at radius 3 is 2.37 bits per heavy atom. The van der Waals surface area contributed by atoms with Crippen LogP contribution < -0.4 is 9.47 Å². The van der Waals surface area contributed by atoms with Gasteiger partial charge in [0.15, 0.2) is 11.5 Å². The molecule has 2 unspecified atom stereocenters. The van der Waals surface area contributed by atoms with Gasteiger partial charge in [-0.25, -0.2) is 0 Å². The van der Waals surface area contributed by atoms with Crippen LogP contribution in [0.4, 0.5) is 0 Å². The van der Waals surface area contributed by atoms with Crippen LogP contribution in [0.25, 0.3) is 0 Å². The zero-order chi connectivity index (χ0) is 20.7. The maximum absolute atomic E-state index is 13.3. The highest BCUT2D eigenvalue weighted by Crippen LogP contribution is 2.36. The predicted molar refractivity (Wildman–Crippen MR) is 107 cm³/mol. The fraction of sp³-hybridized carbons (Fsp3) is 0.522. The first-order valence-corrected chi connectivity index (χ1v) is 10.8. The number of carbonyl (C=O) groups is 3. The summed E-state index contributed by atoms with van der Waals surface area (Å²) in [7, 11) is 0. The van der Waals surface area contributed by atoms with E-state index in [1.165, 1.54) is 4.90 Å². The zero-order valence-corrected chi connectivity index (χ0v) is 16.9. The molecule has 0 bridgehead atoms. The van der Waals surface area contributed by atoms with E-state index in [1.54, 1.807) is 0 Å². The average molecular weight is 410 g/mol. The first-order valence-electron chi connectivity index (χ1n) is 10.8. The normalized spacial score (nSPS) is 25.1. The number of benzene rings is 1. The fourth-order valence-corrected chi connectivity index (χ4v) is 5.12. The van der Waals surface area contributed by atoms with E-state index in [-0.39, 0.29) is 48.9 Å². The molecule has 7 heteroatoms. The number of rotatable bonds is 5. The van der Waals surface area contributed by atoms with E-state index in [2.05, 4.69) is 0 Å². The Morgan fingerprint density at radius 2 is 1.67 bits per heavy atom. The Morgan fingerprint density at radius 1 is 1.00 bits per heavy atom. The first-order chi connectivity index (χ1) is 14.6. The number of hydrogen-bond donors (Lipinski definition) is 0. The van der Waals surface area contributed by atoms with Crippen LogP contribution in [-0.2, 0) is 20.9 Å². The van der Waals surface area contributed by atoms with Crippen molar-refractivity contribution < 1.29 is 23.9 Å². The lowest BCUT2D eigenvalue weighted by molar-refractivity contribution is -0.147. The first kappa shape index (κ1) is 19.2. The van der Waals surface area contributed by atoms with Crippen LogP contribution in [0.1, 0.15) is 44.1 Å². The van der Waals surface area contributed by atoms with Gasteiger partial charge in [0.25, 0.3) is 0 Å². The molecular formula is C23H26N2O5. The second-order valence-electron chi connectivity index (χ2n) is 8.57. The third-order valence-corrected chi connectivity index (χ3v) is 6.77. The predicted octanol–water partition coefficient (Wildman–Crippen LogP) is 2.64. The molecule has 2 aliphatic heterocycles. The quantitative estimate of drug-likeness (QED) is 0.551. The van der Waals surface area contributed by atoms with Crippen LogP contribution in [0, 0.1) is 11.8 Å². The smallest absolute Gasteiger partial charge is 0.243 e. The molecular weight excluding hydrogens is 384 g/mol. The minimum absolute atomic E-state index is 0.139. The number of nitrogens with zero attached hydrogens (tertiary/aromatic N) is 2. The summed E-state index contributed by atoms with van der Waals surface area (Å²) in [6, 6.07) is 5.85. The lowest BCUT2D eigenvalue weighted by Crippen LogP contribution is -2.46. The number of hydrogen-bond acceptors (Lipinski definition) is 5. The fourth-order valence-electron chi connectivity index (χ4n) is 5.12. The molecule has 0 aromatic heterocycles. The molecule has 1 aromatic carbocycles. The molecule has 30 heavy (non-hydrogen) atoms. The number of likely N-dealkylation sites (tertiary alicyclic amines) is 1. The Kier molecular flexibility index (Phi) is 4.97. The minimum Gasteiger partial charge on any atom is -0.454 e. The van der Waals surface area contributed by atoms with Crippen molar-refractivity contribution in [3.8, 4) is 11.5 Å². The largest absolute Gasteiger partial charge is 0.454 e. The average Bonchev–Trinajstić information content (AvgIpc) is 3.50. The number of carbonyl (C=O) groups excluding carboxylic acids is 3. The molecule has 158 valence electrons. The summed E-state index contributed by atoms with van der Waals surface area (Å²) in [6.45, 7) is 0.483. The third-order valence-electron chi connectivity index (χ3n) is 6.77. The van der Waals surface area contributed by atoms with Gasteiger partial charge in [-0.3, -0.25) is 19.3 Å². The topological polar surface area (TPSA) is 76.2 Å². The Labute approximate surface area is 175 Å². The van der Waals surface area contributed by atoms with Gasteiger partial charge in [0.1, 0.15) is 6.54 Å². The summed E-state index contributed by atoms with van der Waals surface area (Å²) in [5.74, 6) is 0.241. The summed E-state index contributed by atoms with van der Waals surface area (Å²) < 4.78 is 10.8. The van der Waals surface area contributed by atoms with Crippen molar-refractivity contribution >= 4 is 17.7 Å². The maximum atomic E-state index is 13.3. The Balaban J connectivity index is 1.33. The number of ether oxygens (including phenoxy) is 2. The van der Waals surface area contributed by atoms with Crippen LogP contribution >= 0.6 is 0 Å². The monoisotopic (exact) mass is 410 g/mol. The van der Waals surface area contributed by atoms with Gasteiger partial charge < -0.3 is 14.4 Å². The number of allylic oxidation sites excluding steroid dienone is 2. The van der Waals surface area contributed by atoms with E-state index in [9.17, 15) is 14.4 Å². The molecule has 0 N–H and O–H groups in total. The molecule has 2 fully saturated rings. The van der Waals surface area contributed by atoms with Crippen LogP contribution in [-0.4, -0.2) is 46.9 Å². The third kappa shape index (κ3) is 3.36. The number of fused-ring (bicyclic) bond motifs is 2. The highest BCUT2D eigenvalue weighted by atomic mass is 16.7. The van der Waals surface area contributed by atoms with E-state index in [1.807, 2.05) is 35.3 Å². The molecule has 5 rings (SSSR count). The van der Waals surface area contributed by atoms with E-state index in [0.29, 0.717) is 30.9 Å². The van der Waals surface area contributed by atoms with Crippen molar-refractivity contribution in [2.24, 2.45) is 11.8 Å². The van der Waals surface area contributed by atoms with Gasteiger partial charge in [0.2, 0.25) is 24.5 Å². The molecule has 0 radical (unpaired) electrons.